The summed E-state index contributed by atoms with van der Waals surface area (Å²) in [6.07, 6.45) is -1.33. The number of hydrogen-bond donors (Lipinski definition) is 2. The molecule has 0 rings (SSSR count). The van der Waals surface area contributed by atoms with Crippen LogP contribution in [0.2, 0.25) is 0 Å². The van der Waals surface area contributed by atoms with Gasteiger partial charge >= 0.3 is 6.09 Å². The minimum Gasteiger partial charge on any atom is -0.465 e. The van der Waals surface area contributed by atoms with Crippen molar-refractivity contribution in [3.8, 4) is 0 Å². The Morgan fingerprint density at radius 3 is 1.57 bits per heavy atom. The van der Waals surface area contributed by atoms with Crippen LogP contribution >= 0.6 is 0 Å². The molecule has 0 aromatic rings. The van der Waals surface area contributed by atoms with Crippen molar-refractivity contribution < 1.29 is 27.0 Å². The number of carbonyl (C=O) groups is 1. The molecule has 0 aliphatic heterocycles. The Balaban J connectivity index is -0.0000000480. The maximum atomic E-state index is 8.78. The molecule has 0 aromatic heterocycles. The Hall–Kier alpha value is -0.471. The molecule has 7 heavy (non-hydrogen) atoms. The SMILES string of the molecule is C=C.NC(=O)O.[Mn]. The summed E-state index contributed by atoms with van der Waals surface area (Å²) < 4.78 is 0. The number of amides is 1. The summed E-state index contributed by atoms with van der Waals surface area (Å²) in [7, 11) is 0. The van der Waals surface area contributed by atoms with E-state index in [1.54, 1.807) is 0 Å². The Kier molecular flexibility index (Phi) is 40.6. The Morgan fingerprint density at radius 2 is 1.57 bits per heavy atom. The van der Waals surface area contributed by atoms with E-state index in [0.717, 1.165) is 0 Å². The van der Waals surface area contributed by atoms with Crippen molar-refractivity contribution in [2.75, 3.05) is 0 Å². The Bertz CT molecular complexity index is 44.2. The van der Waals surface area contributed by atoms with Crippen molar-refractivity contribution in [1.82, 2.24) is 0 Å². The molecule has 0 saturated heterocycles. The van der Waals surface area contributed by atoms with Crippen molar-refractivity contribution in [2.24, 2.45) is 5.73 Å². The number of nitrogens with two attached hydrogens (primary N) is 1. The quantitative estimate of drug-likeness (QED) is 0.382. The molecule has 0 atom stereocenters. The van der Waals surface area contributed by atoms with Gasteiger partial charge in [0.15, 0.2) is 0 Å². The van der Waals surface area contributed by atoms with Crippen LogP contribution in [0.4, 0.5) is 4.79 Å². The van der Waals surface area contributed by atoms with E-state index in [0.29, 0.717) is 0 Å². The summed E-state index contributed by atoms with van der Waals surface area (Å²) in [5.74, 6) is 0. The van der Waals surface area contributed by atoms with E-state index < -0.39 is 6.09 Å². The maximum absolute atomic E-state index is 8.78. The second kappa shape index (κ2) is 17.7. The van der Waals surface area contributed by atoms with Gasteiger partial charge in [-0.3, -0.25) is 0 Å². The predicted molar refractivity (Wildman–Crippen MR) is 23.5 cm³/mol. The van der Waals surface area contributed by atoms with E-state index in [2.05, 4.69) is 18.9 Å². The van der Waals surface area contributed by atoms with Crippen molar-refractivity contribution in [3.05, 3.63) is 13.2 Å². The molecule has 0 aliphatic rings. The molecule has 0 bridgehead atoms. The van der Waals surface area contributed by atoms with Gasteiger partial charge in [-0.1, -0.05) is 0 Å². The van der Waals surface area contributed by atoms with Crippen LogP contribution in [-0.2, 0) is 17.1 Å². The fraction of sp³-hybridized carbons (Fsp3) is 0. The van der Waals surface area contributed by atoms with Crippen molar-refractivity contribution in [3.63, 3.8) is 0 Å². The van der Waals surface area contributed by atoms with E-state index in [1.807, 2.05) is 0 Å². The van der Waals surface area contributed by atoms with Crippen LogP contribution < -0.4 is 5.73 Å². The summed E-state index contributed by atoms with van der Waals surface area (Å²) >= 11 is 0. The molecular formula is C3H7MnNO2. The molecule has 1 amide bonds. The molecule has 0 fully saturated rings. The van der Waals surface area contributed by atoms with Crippen LogP contribution in [0.15, 0.2) is 13.2 Å². The number of primary amides is 1. The molecule has 0 spiro atoms. The topological polar surface area (TPSA) is 63.3 Å². The average Bonchev–Trinajstić information content (AvgIpc) is 1.41. The molecule has 0 heterocycles. The van der Waals surface area contributed by atoms with Crippen LogP contribution in [0.3, 0.4) is 0 Å². The van der Waals surface area contributed by atoms with Gasteiger partial charge in [-0.05, 0) is 0 Å². The summed E-state index contributed by atoms with van der Waals surface area (Å²) in [5.41, 5.74) is 4.03. The van der Waals surface area contributed by atoms with Gasteiger partial charge in [0.25, 0.3) is 0 Å². The van der Waals surface area contributed by atoms with Crippen molar-refractivity contribution in [2.45, 2.75) is 0 Å². The van der Waals surface area contributed by atoms with E-state index in [-0.39, 0.29) is 17.1 Å². The molecule has 1 radical (unpaired) electrons. The smallest absolute Gasteiger partial charge is 0.402 e. The van der Waals surface area contributed by atoms with Crippen LogP contribution in [0.1, 0.15) is 0 Å². The van der Waals surface area contributed by atoms with Gasteiger partial charge in [-0.15, -0.1) is 13.2 Å². The van der Waals surface area contributed by atoms with Gasteiger partial charge in [-0.2, -0.15) is 0 Å². The normalized spacial score (nSPS) is 4.00. The second-order valence-electron chi connectivity index (χ2n) is 0.338. The second-order valence-corrected chi connectivity index (χ2v) is 0.338. The zero-order chi connectivity index (χ0) is 5.58. The molecule has 4 heteroatoms. The standard InChI is InChI=1S/C2H4.CH3NO2.Mn/c1-2;2-1(3)4;/h1-2H2;2H2,(H,3,4);. The van der Waals surface area contributed by atoms with Crippen LogP contribution in [0.5, 0.6) is 0 Å². The summed E-state index contributed by atoms with van der Waals surface area (Å²) in [5, 5.41) is 7.19. The van der Waals surface area contributed by atoms with Gasteiger partial charge < -0.3 is 10.8 Å². The molecule has 0 aliphatic carbocycles. The largest absolute Gasteiger partial charge is 0.465 e. The van der Waals surface area contributed by atoms with Gasteiger partial charge in [0, 0.05) is 17.1 Å². The van der Waals surface area contributed by atoms with Crippen molar-refractivity contribution >= 4 is 6.09 Å². The molecule has 3 nitrogen and oxygen atoms in total. The van der Waals surface area contributed by atoms with Crippen LogP contribution in [0, 0.1) is 0 Å². The molecule has 0 unspecified atom stereocenters. The predicted octanol–water partition coefficient (Wildman–Crippen LogP) is 0.423. The molecule has 0 saturated carbocycles. The Labute approximate surface area is 52.7 Å². The summed E-state index contributed by atoms with van der Waals surface area (Å²) in [6, 6.07) is 0. The zero-order valence-corrected chi connectivity index (χ0v) is 4.91. The third-order valence-electron chi connectivity index (χ3n) is 0. The molecule has 0 aromatic carbocycles. The third-order valence-corrected chi connectivity index (χ3v) is 0. The summed E-state index contributed by atoms with van der Waals surface area (Å²) in [4.78, 5) is 8.78. The molecule has 43 valence electrons. The van der Waals surface area contributed by atoms with Crippen molar-refractivity contribution in [1.29, 1.82) is 0 Å². The van der Waals surface area contributed by atoms with E-state index >= 15 is 0 Å². The first-order valence-electron chi connectivity index (χ1n) is 1.22. The molecular weight excluding hydrogens is 137 g/mol. The number of carboxylic acid groups (broad SMARTS) is 1. The third kappa shape index (κ3) is 311. The Morgan fingerprint density at radius 1 is 1.57 bits per heavy atom. The minimum absolute atomic E-state index is 0. The van der Waals surface area contributed by atoms with E-state index in [4.69, 9.17) is 9.90 Å². The maximum Gasteiger partial charge on any atom is 0.402 e. The van der Waals surface area contributed by atoms with Crippen LogP contribution in [0.25, 0.3) is 0 Å². The fourth-order valence-corrected chi connectivity index (χ4v) is 0. The number of hydrogen-bond acceptors (Lipinski definition) is 1. The van der Waals surface area contributed by atoms with E-state index in [9.17, 15) is 0 Å². The van der Waals surface area contributed by atoms with Crippen LogP contribution in [-0.4, -0.2) is 11.2 Å². The van der Waals surface area contributed by atoms with E-state index in [1.165, 1.54) is 0 Å². The average molecular weight is 144 g/mol. The monoisotopic (exact) mass is 144 g/mol. The number of rotatable bonds is 0. The first-order chi connectivity index (χ1) is 2.73. The first-order valence-corrected chi connectivity index (χ1v) is 1.22. The van der Waals surface area contributed by atoms with Gasteiger partial charge in [0.1, 0.15) is 0 Å². The molecule has 3 N–H and O–H groups in total. The zero-order valence-electron chi connectivity index (χ0n) is 3.72. The van der Waals surface area contributed by atoms with Gasteiger partial charge in [-0.25, -0.2) is 4.79 Å². The van der Waals surface area contributed by atoms with Gasteiger partial charge in [0.05, 0.1) is 0 Å². The minimum atomic E-state index is -1.33. The fourth-order valence-electron chi connectivity index (χ4n) is 0. The van der Waals surface area contributed by atoms with Gasteiger partial charge in [0.2, 0.25) is 0 Å². The first kappa shape index (κ1) is 16.0. The summed E-state index contributed by atoms with van der Waals surface area (Å²) in [6.45, 7) is 6.00.